The Morgan fingerprint density at radius 3 is 2.85 bits per heavy atom. The van der Waals surface area contributed by atoms with Crippen LogP contribution in [-0.2, 0) is 17.5 Å². The summed E-state index contributed by atoms with van der Waals surface area (Å²) in [4.78, 5) is 30.7. The normalized spacial score (nSPS) is 17.7. The molecule has 1 saturated heterocycles. The summed E-state index contributed by atoms with van der Waals surface area (Å²) in [6.07, 6.45) is -2.76. The first-order chi connectivity index (χ1) is 12.3. The molecule has 2 aromatic heterocycles. The summed E-state index contributed by atoms with van der Waals surface area (Å²) < 4.78 is 42.4. The fourth-order valence-electron chi connectivity index (χ4n) is 2.46. The Bertz CT molecular complexity index is 804. The van der Waals surface area contributed by atoms with E-state index in [2.05, 4.69) is 25.8 Å². The number of rotatable bonds is 4. The van der Waals surface area contributed by atoms with E-state index in [1.807, 2.05) is 0 Å². The summed E-state index contributed by atoms with van der Waals surface area (Å²) >= 11 is 0. The summed E-state index contributed by atoms with van der Waals surface area (Å²) in [5.74, 6) is -0.325. The molecule has 1 fully saturated rings. The lowest BCUT2D eigenvalue weighted by atomic mass is 9.97. The summed E-state index contributed by atoms with van der Waals surface area (Å²) in [5.41, 5.74) is -1.10. The topological polar surface area (TPSA) is 110 Å². The maximum atomic E-state index is 12.5. The lowest BCUT2D eigenvalue weighted by molar-refractivity contribution is -0.141. The first kappa shape index (κ1) is 17.8. The number of hydrogen-bond acceptors (Lipinski definition) is 6. The van der Waals surface area contributed by atoms with Crippen LogP contribution in [0.3, 0.4) is 0 Å². The van der Waals surface area contributed by atoms with E-state index in [0.717, 1.165) is 18.3 Å². The van der Waals surface area contributed by atoms with Gasteiger partial charge in [-0.2, -0.15) is 18.2 Å². The van der Waals surface area contributed by atoms with Crippen molar-refractivity contribution in [3.8, 4) is 0 Å². The van der Waals surface area contributed by atoms with Crippen molar-refractivity contribution in [1.82, 2.24) is 25.8 Å². The first-order valence-electron chi connectivity index (χ1n) is 7.73. The van der Waals surface area contributed by atoms with Crippen LogP contribution < -0.4 is 10.6 Å². The van der Waals surface area contributed by atoms with Gasteiger partial charge in [-0.1, -0.05) is 5.16 Å². The van der Waals surface area contributed by atoms with Gasteiger partial charge in [0.1, 0.15) is 5.69 Å². The molecule has 26 heavy (non-hydrogen) atoms. The molecular formula is C15H14F3N5O3. The number of nitrogens with one attached hydrogen (secondary N) is 2. The molecule has 2 amide bonds. The summed E-state index contributed by atoms with van der Waals surface area (Å²) in [6, 6.07) is 1.76. The van der Waals surface area contributed by atoms with Gasteiger partial charge >= 0.3 is 6.18 Å². The molecule has 1 atom stereocenters. The number of alkyl halides is 3. The van der Waals surface area contributed by atoms with Crippen molar-refractivity contribution in [3.63, 3.8) is 0 Å². The largest absolute Gasteiger partial charge is 0.433 e. The number of halogens is 3. The van der Waals surface area contributed by atoms with Gasteiger partial charge in [0.2, 0.25) is 11.8 Å². The smallest absolute Gasteiger partial charge is 0.356 e. The second-order valence-electron chi connectivity index (χ2n) is 5.70. The molecule has 11 heteroatoms. The van der Waals surface area contributed by atoms with Crippen LogP contribution in [0.5, 0.6) is 0 Å². The van der Waals surface area contributed by atoms with Crippen molar-refractivity contribution in [2.24, 2.45) is 0 Å². The van der Waals surface area contributed by atoms with Gasteiger partial charge in [-0.3, -0.25) is 14.6 Å². The van der Waals surface area contributed by atoms with Crippen molar-refractivity contribution in [1.29, 1.82) is 0 Å². The third-order valence-electron chi connectivity index (χ3n) is 3.81. The fraction of sp³-hybridized carbons (Fsp3) is 0.400. The van der Waals surface area contributed by atoms with Crippen LogP contribution in [0.25, 0.3) is 0 Å². The maximum Gasteiger partial charge on any atom is 0.433 e. The summed E-state index contributed by atoms with van der Waals surface area (Å²) in [6.45, 7) is 0.441. The average Bonchev–Trinajstić information content (AvgIpc) is 3.08. The van der Waals surface area contributed by atoms with Crippen molar-refractivity contribution in [2.75, 3.05) is 6.54 Å². The number of hydrogen-bond donors (Lipinski definition) is 2. The molecule has 2 N–H and O–H groups in total. The molecule has 138 valence electrons. The van der Waals surface area contributed by atoms with Gasteiger partial charge in [0.05, 0.1) is 12.1 Å². The Balaban J connectivity index is 1.57. The van der Waals surface area contributed by atoms with E-state index in [0.29, 0.717) is 18.8 Å². The predicted octanol–water partition coefficient (Wildman–Crippen LogP) is 1.41. The second kappa shape index (κ2) is 7.10. The molecule has 1 aliphatic heterocycles. The molecule has 0 saturated carbocycles. The van der Waals surface area contributed by atoms with Gasteiger partial charge in [-0.15, -0.1) is 0 Å². The Morgan fingerprint density at radius 1 is 1.38 bits per heavy atom. The maximum absolute atomic E-state index is 12.5. The van der Waals surface area contributed by atoms with Gasteiger partial charge in [-0.05, 0) is 18.6 Å². The zero-order valence-corrected chi connectivity index (χ0v) is 13.3. The number of carbonyl (C=O) groups is 2. The summed E-state index contributed by atoms with van der Waals surface area (Å²) in [7, 11) is 0. The minimum Gasteiger partial charge on any atom is -0.356 e. The van der Waals surface area contributed by atoms with Crippen LogP contribution in [-0.4, -0.2) is 33.5 Å². The molecule has 0 bridgehead atoms. The van der Waals surface area contributed by atoms with Gasteiger partial charge in [0.15, 0.2) is 5.82 Å². The number of aromatic nitrogens is 3. The zero-order valence-electron chi connectivity index (χ0n) is 13.3. The van der Waals surface area contributed by atoms with E-state index in [1.54, 1.807) is 0 Å². The number of carbonyl (C=O) groups excluding carboxylic acids is 2. The lowest BCUT2D eigenvalue weighted by Crippen LogP contribution is -2.32. The van der Waals surface area contributed by atoms with Gasteiger partial charge < -0.3 is 15.2 Å². The molecule has 1 unspecified atom stereocenters. The molecule has 0 aliphatic carbocycles. The molecule has 0 spiro atoms. The number of amides is 2. The highest BCUT2D eigenvalue weighted by Gasteiger charge is 2.32. The van der Waals surface area contributed by atoms with E-state index >= 15 is 0 Å². The highest BCUT2D eigenvalue weighted by atomic mass is 19.4. The Kier molecular flexibility index (Phi) is 4.87. The monoisotopic (exact) mass is 369 g/mol. The minimum atomic E-state index is -4.56. The van der Waals surface area contributed by atoms with Crippen LogP contribution in [0.15, 0.2) is 22.9 Å². The molecule has 0 radical (unpaired) electrons. The first-order valence-corrected chi connectivity index (χ1v) is 7.73. The van der Waals surface area contributed by atoms with Crippen LogP contribution in [0.1, 0.15) is 46.5 Å². The molecule has 3 rings (SSSR count). The molecule has 3 heterocycles. The SMILES string of the molecule is O=C1CC(c2noc(CNC(=O)c3ccc(C(F)(F)F)nc3)n2)CCN1. The van der Waals surface area contributed by atoms with E-state index < -0.39 is 17.8 Å². The van der Waals surface area contributed by atoms with E-state index in [1.165, 1.54) is 0 Å². The van der Waals surface area contributed by atoms with E-state index in [-0.39, 0.29) is 36.2 Å². The van der Waals surface area contributed by atoms with Gasteiger partial charge in [-0.25, -0.2) is 0 Å². The van der Waals surface area contributed by atoms with Crippen LogP contribution in [0.4, 0.5) is 13.2 Å². The van der Waals surface area contributed by atoms with Crippen LogP contribution in [0.2, 0.25) is 0 Å². The Morgan fingerprint density at radius 2 is 2.19 bits per heavy atom. The molecule has 2 aromatic rings. The van der Waals surface area contributed by atoms with E-state index in [4.69, 9.17) is 4.52 Å². The fourth-order valence-corrected chi connectivity index (χ4v) is 2.46. The summed E-state index contributed by atoms with van der Waals surface area (Å²) in [5, 5.41) is 8.97. The molecule has 1 aliphatic rings. The quantitative estimate of drug-likeness (QED) is 0.843. The van der Waals surface area contributed by atoms with Gasteiger partial charge in [0.25, 0.3) is 5.91 Å². The van der Waals surface area contributed by atoms with Crippen LogP contribution >= 0.6 is 0 Å². The molecule has 0 aromatic carbocycles. The molecule has 8 nitrogen and oxygen atoms in total. The van der Waals surface area contributed by atoms with E-state index in [9.17, 15) is 22.8 Å². The number of nitrogens with zero attached hydrogens (tertiary/aromatic N) is 3. The second-order valence-corrected chi connectivity index (χ2v) is 5.70. The third-order valence-corrected chi connectivity index (χ3v) is 3.81. The Hall–Kier alpha value is -2.98. The van der Waals surface area contributed by atoms with Crippen molar-refractivity contribution in [3.05, 3.63) is 41.3 Å². The van der Waals surface area contributed by atoms with Crippen molar-refractivity contribution < 1.29 is 27.3 Å². The predicted molar refractivity (Wildman–Crippen MR) is 79.7 cm³/mol. The standard InChI is InChI=1S/C15H14F3N5O3/c16-15(17,18)10-2-1-9(6-20-10)14(25)21-7-12-22-13(23-26-12)8-3-4-19-11(24)5-8/h1-2,6,8H,3-5,7H2,(H,19,24)(H,21,25). The number of pyridine rings is 1. The van der Waals surface area contributed by atoms with Crippen molar-refractivity contribution >= 4 is 11.8 Å². The highest BCUT2D eigenvalue weighted by molar-refractivity contribution is 5.93. The highest BCUT2D eigenvalue weighted by Crippen LogP contribution is 2.27. The minimum absolute atomic E-state index is 0.0262. The van der Waals surface area contributed by atoms with Gasteiger partial charge in [0, 0.05) is 25.1 Å². The Labute approximate surface area is 145 Å². The van der Waals surface area contributed by atoms with Crippen LogP contribution in [0, 0.1) is 0 Å². The zero-order chi connectivity index (χ0) is 18.7. The number of piperidine rings is 1. The molecular weight excluding hydrogens is 355 g/mol. The average molecular weight is 369 g/mol. The lowest BCUT2D eigenvalue weighted by Gasteiger charge is -2.18. The third kappa shape index (κ3) is 4.16. The van der Waals surface area contributed by atoms with Crippen molar-refractivity contribution in [2.45, 2.75) is 31.5 Å².